The van der Waals surface area contributed by atoms with E-state index in [0.29, 0.717) is 23.2 Å². The smallest absolute Gasteiger partial charge is 0.269 e. The number of hydrogen-bond acceptors (Lipinski definition) is 5. The van der Waals surface area contributed by atoms with Crippen LogP contribution in [0.5, 0.6) is 0 Å². The number of nitrogens with zero attached hydrogens (tertiary/aromatic N) is 2. The molecule has 4 rings (SSSR count). The SMILES string of the molecule is CCCC(CCC)c1cc(F)cc(-c2cn(CC)cc(-c3ccc(S(=O)(=O)c4ccc([N+](=O)[O-])cc4)cc3Cl)c2=O)c1. The minimum absolute atomic E-state index is 0.0424. The van der Waals surface area contributed by atoms with Crippen LogP contribution in [0.25, 0.3) is 22.3 Å². The lowest BCUT2D eigenvalue weighted by molar-refractivity contribution is -0.384. The highest BCUT2D eigenvalue weighted by molar-refractivity contribution is 7.91. The molecule has 3 aromatic carbocycles. The summed E-state index contributed by atoms with van der Waals surface area (Å²) in [5, 5.41) is 11.0. The van der Waals surface area contributed by atoms with E-state index in [1.165, 1.54) is 24.3 Å². The van der Waals surface area contributed by atoms with Gasteiger partial charge >= 0.3 is 0 Å². The van der Waals surface area contributed by atoms with Gasteiger partial charge in [-0.25, -0.2) is 12.8 Å². The molecule has 42 heavy (non-hydrogen) atoms. The Labute approximate surface area is 249 Å². The fourth-order valence-electron chi connectivity index (χ4n) is 5.15. The standard InChI is InChI=1S/C32H32ClFN2O5S/c1-4-7-21(8-5-2)22-15-23(17-24(34)16-22)29-19-35(6-3)20-30(32(29)37)28-14-13-27(18-31(28)33)42(40,41)26-11-9-25(10-12-26)36(38)39/h9-21H,4-8H2,1-3H3. The number of aromatic nitrogens is 1. The van der Waals surface area contributed by atoms with Gasteiger partial charge < -0.3 is 4.57 Å². The summed E-state index contributed by atoms with van der Waals surface area (Å²) in [4.78, 5) is 23.9. The molecule has 0 saturated carbocycles. The zero-order valence-electron chi connectivity index (χ0n) is 23.6. The van der Waals surface area contributed by atoms with Crippen molar-refractivity contribution in [1.29, 1.82) is 0 Å². The Morgan fingerprint density at radius 2 is 1.50 bits per heavy atom. The van der Waals surface area contributed by atoms with Crippen molar-refractivity contribution >= 4 is 27.1 Å². The predicted molar refractivity (Wildman–Crippen MR) is 163 cm³/mol. The van der Waals surface area contributed by atoms with E-state index in [2.05, 4.69) is 13.8 Å². The number of nitro benzene ring substituents is 1. The fraction of sp³-hybridized carbons (Fsp3) is 0.281. The Morgan fingerprint density at radius 3 is 2.07 bits per heavy atom. The molecule has 0 aliphatic carbocycles. The van der Waals surface area contributed by atoms with Crippen molar-refractivity contribution in [3.05, 3.63) is 110 Å². The molecule has 7 nitrogen and oxygen atoms in total. The second kappa shape index (κ2) is 13.0. The Balaban J connectivity index is 1.80. The van der Waals surface area contributed by atoms with E-state index in [1.54, 1.807) is 18.5 Å². The van der Waals surface area contributed by atoms with Gasteiger partial charge in [-0.3, -0.25) is 14.9 Å². The van der Waals surface area contributed by atoms with E-state index in [1.807, 2.05) is 17.6 Å². The molecular formula is C32H32ClFN2O5S. The van der Waals surface area contributed by atoms with Gasteiger partial charge in [-0.15, -0.1) is 0 Å². The van der Waals surface area contributed by atoms with Crippen LogP contribution in [0.1, 0.15) is 57.9 Å². The molecule has 1 aromatic heterocycles. The molecule has 220 valence electrons. The van der Waals surface area contributed by atoms with Gasteiger partial charge in [0, 0.05) is 52.8 Å². The van der Waals surface area contributed by atoms with Crippen molar-refractivity contribution in [3.8, 4) is 22.3 Å². The number of rotatable bonds is 11. The zero-order chi connectivity index (χ0) is 30.6. The number of aryl methyl sites for hydroxylation is 1. The zero-order valence-corrected chi connectivity index (χ0v) is 25.2. The van der Waals surface area contributed by atoms with E-state index in [4.69, 9.17) is 11.6 Å². The number of nitro groups is 1. The summed E-state index contributed by atoms with van der Waals surface area (Å²) >= 11 is 6.59. The van der Waals surface area contributed by atoms with Crippen LogP contribution in [-0.4, -0.2) is 17.9 Å². The molecule has 0 radical (unpaired) electrons. The maximum Gasteiger partial charge on any atom is 0.269 e. The van der Waals surface area contributed by atoms with Crippen molar-refractivity contribution in [2.45, 2.75) is 68.7 Å². The molecule has 0 amide bonds. The number of non-ortho nitro benzene ring substituents is 1. The fourth-order valence-corrected chi connectivity index (χ4v) is 6.79. The van der Waals surface area contributed by atoms with Crippen molar-refractivity contribution in [1.82, 2.24) is 4.57 Å². The average Bonchev–Trinajstić information content (AvgIpc) is 2.97. The van der Waals surface area contributed by atoms with Gasteiger partial charge in [-0.05, 0) is 73.2 Å². The third kappa shape index (κ3) is 6.47. The summed E-state index contributed by atoms with van der Waals surface area (Å²) in [6, 6.07) is 13.4. The average molecular weight is 611 g/mol. The second-order valence-corrected chi connectivity index (χ2v) is 12.5. The third-order valence-corrected chi connectivity index (χ3v) is 9.40. The topological polar surface area (TPSA) is 99.3 Å². The molecule has 0 fully saturated rings. The maximum absolute atomic E-state index is 14.9. The number of benzene rings is 3. The van der Waals surface area contributed by atoms with Crippen LogP contribution in [0.15, 0.2) is 87.6 Å². The summed E-state index contributed by atoms with van der Waals surface area (Å²) in [7, 11) is -4.04. The van der Waals surface area contributed by atoms with Gasteiger partial charge in [0.05, 0.1) is 14.7 Å². The Morgan fingerprint density at radius 1 is 0.881 bits per heavy atom. The van der Waals surface area contributed by atoms with E-state index in [0.717, 1.165) is 55.5 Å². The first-order chi connectivity index (χ1) is 20.0. The second-order valence-electron chi connectivity index (χ2n) is 10.2. The van der Waals surface area contributed by atoms with Gasteiger partial charge in [0.1, 0.15) is 5.82 Å². The van der Waals surface area contributed by atoms with E-state index in [9.17, 15) is 27.7 Å². The van der Waals surface area contributed by atoms with Gasteiger partial charge in [-0.1, -0.05) is 50.4 Å². The molecule has 4 aromatic rings. The third-order valence-electron chi connectivity index (χ3n) is 7.32. The first-order valence-corrected chi connectivity index (χ1v) is 15.7. The van der Waals surface area contributed by atoms with Gasteiger partial charge in [0.2, 0.25) is 9.84 Å². The van der Waals surface area contributed by atoms with Crippen LogP contribution in [-0.2, 0) is 16.4 Å². The van der Waals surface area contributed by atoms with Crippen molar-refractivity contribution in [3.63, 3.8) is 0 Å². The molecule has 10 heteroatoms. The van der Waals surface area contributed by atoms with E-state index in [-0.39, 0.29) is 37.4 Å². The molecule has 0 bridgehead atoms. The summed E-state index contributed by atoms with van der Waals surface area (Å²) in [5.41, 5.74) is 1.66. The summed E-state index contributed by atoms with van der Waals surface area (Å²) in [6.07, 6.45) is 7.10. The van der Waals surface area contributed by atoms with E-state index >= 15 is 0 Å². The van der Waals surface area contributed by atoms with Crippen molar-refractivity contribution < 1.29 is 17.7 Å². The van der Waals surface area contributed by atoms with Crippen LogP contribution in [0.2, 0.25) is 5.02 Å². The van der Waals surface area contributed by atoms with E-state index < -0.39 is 20.6 Å². The molecule has 0 N–H and O–H groups in total. The molecule has 0 spiro atoms. The highest BCUT2D eigenvalue weighted by Crippen LogP contribution is 2.34. The van der Waals surface area contributed by atoms with Crippen molar-refractivity contribution in [2.24, 2.45) is 0 Å². The number of halogens is 2. The molecular weight excluding hydrogens is 579 g/mol. The van der Waals surface area contributed by atoms with Crippen LogP contribution in [0.4, 0.5) is 10.1 Å². The van der Waals surface area contributed by atoms with Crippen LogP contribution in [0.3, 0.4) is 0 Å². The highest BCUT2D eigenvalue weighted by Gasteiger charge is 2.22. The largest absolute Gasteiger partial charge is 0.353 e. The predicted octanol–water partition coefficient (Wildman–Crippen LogP) is 8.42. The monoisotopic (exact) mass is 610 g/mol. The molecule has 0 aliphatic rings. The molecule has 0 unspecified atom stereocenters. The summed E-state index contributed by atoms with van der Waals surface area (Å²) < 4.78 is 43.1. The Bertz CT molecular complexity index is 1780. The minimum Gasteiger partial charge on any atom is -0.353 e. The molecule has 0 saturated heterocycles. The maximum atomic E-state index is 14.9. The lowest BCUT2D eigenvalue weighted by Crippen LogP contribution is -2.13. The minimum atomic E-state index is -4.04. The highest BCUT2D eigenvalue weighted by atomic mass is 35.5. The van der Waals surface area contributed by atoms with Crippen LogP contribution < -0.4 is 5.43 Å². The van der Waals surface area contributed by atoms with Gasteiger partial charge in [0.25, 0.3) is 5.69 Å². The summed E-state index contributed by atoms with van der Waals surface area (Å²) in [5.74, 6) is -0.225. The number of pyridine rings is 1. The number of sulfone groups is 1. The molecule has 0 atom stereocenters. The summed E-state index contributed by atoms with van der Waals surface area (Å²) in [6.45, 7) is 6.63. The molecule has 0 aliphatic heterocycles. The molecule has 1 heterocycles. The van der Waals surface area contributed by atoms with Gasteiger partial charge in [0.15, 0.2) is 5.43 Å². The first kappa shape index (κ1) is 31.1. The normalized spacial score (nSPS) is 11.7. The van der Waals surface area contributed by atoms with Crippen LogP contribution in [0, 0.1) is 15.9 Å². The lowest BCUT2D eigenvalue weighted by atomic mass is 9.88. The quantitative estimate of drug-likeness (QED) is 0.125. The number of hydrogen-bond donors (Lipinski definition) is 0. The Hall–Kier alpha value is -3.82. The van der Waals surface area contributed by atoms with Crippen molar-refractivity contribution in [2.75, 3.05) is 0 Å². The first-order valence-electron chi connectivity index (χ1n) is 13.8. The van der Waals surface area contributed by atoms with Crippen LogP contribution >= 0.6 is 11.6 Å². The Kier molecular flexibility index (Phi) is 9.64. The lowest BCUT2D eigenvalue weighted by Gasteiger charge is -2.18. The van der Waals surface area contributed by atoms with Gasteiger partial charge in [-0.2, -0.15) is 0 Å².